The summed E-state index contributed by atoms with van der Waals surface area (Å²) in [6.45, 7) is 6.22. The van der Waals surface area contributed by atoms with Crippen LogP contribution in [-0.4, -0.2) is 5.11 Å². The predicted octanol–water partition coefficient (Wildman–Crippen LogP) is 4.21. The van der Waals surface area contributed by atoms with Crippen LogP contribution in [0.15, 0.2) is 21.1 Å². The summed E-state index contributed by atoms with van der Waals surface area (Å²) in [5.41, 5.74) is 0.912. The van der Waals surface area contributed by atoms with Gasteiger partial charge in [0.25, 0.3) is 0 Å². The first-order chi connectivity index (χ1) is 5.84. The highest BCUT2D eigenvalue weighted by atomic mass is 79.9. The normalized spacial score (nSPS) is 11.8. The van der Waals surface area contributed by atoms with E-state index in [1.165, 1.54) is 0 Å². The van der Waals surface area contributed by atoms with E-state index in [2.05, 4.69) is 52.6 Å². The summed E-state index contributed by atoms with van der Waals surface area (Å²) in [5.74, 6) is 0.321. The average Bonchev–Trinajstić information content (AvgIpc) is 1.98. The Balaban J connectivity index is 3.35. The molecule has 1 N–H and O–H groups in total. The molecule has 3 heteroatoms. The Bertz CT molecular complexity index is 326. The molecule has 0 aliphatic rings. The van der Waals surface area contributed by atoms with Crippen LogP contribution in [0, 0.1) is 0 Å². The molecule has 0 saturated heterocycles. The van der Waals surface area contributed by atoms with Crippen LogP contribution in [0.1, 0.15) is 26.3 Å². The monoisotopic (exact) mass is 306 g/mol. The van der Waals surface area contributed by atoms with Crippen molar-refractivity contribution in [1.29, 1.82) is 0 Å². The molecule has 1 aromatic rings. The molecule has 0 fully saturated rings. The molecule has 0 atom stereocenters. The lowest BCUT2D eigenvalue weighted by Crippen LogP contribution is -2.11. The van der Waals surface area contributed by atoms with Gasteiger partial charge in [0.05, 0.1) is 4.47 Å². The fourth-order valence-corrected chi connectivity index (χ4v) is 1.81. The molecule has 0 amide bonds. The predicted molar refractivity (Wildman–Crippen MR) is 62.2 cm³/mol. The van der Waals surface area contributed by atoms with E-state index in [1.807, 2.05) is 12.1 Å². The number of halogens is 2. The van der Waals surface area contributed by atoms with Crippen LogP contribution in [0.5, 0.6) is 5.75 Å². The molecule has 0 aliphatic heterocycles. The maximum Gasteiger partial charge on any atom is 0.134 e. The molecular weight excluding hydrogens is 296 g/mol. The Kier molecular flexibility index (Phi) is 3.08. The smallest absolute Gasteiger partial charge is 0.134 e. The first-order valence-electron chi connectivity index (χ1n) is 4.01. The van der Waals surface area contributed by atoms with Gasteiger partial charge < -0.3 is 5.11 Å². The van der Waals surface area contributed by atoms with Crippen LogP contribution in [0.2, 0.25) is 0 Å². The standard InChI is InChI=1S/C10H12Br2O/c1-10(2,3)6-4-5-7(11)8(12)9(6)13/h4-5,13H,1-3H3. The summed E-state index contributed by atoms with van der Waals surface area (Å²) in [7, 11) is 0. The minimum Gasteiger partial charge on any atom is -0.506 e. The van der Waals surface area contributed by atoms with Gasteiger partial charge in [-0.25, -0.2) is 0 Å². The molecule has 0 bridgehead atoms. The van der Waals surface area contributed by atoms with Gasteiger partial charge in [-0.2, -0.15) is 0 Å². The highest BCUT2D eigenvalue weighted by Gasteiger charge is 2.20. The molecule has 1 rings (SSSR count). The third-order valence-corrected chi connectivity index (χ3v) is 3.87. The second-order valence-electron chi connectivity index (χ2n) is 4.01. The second kappa shape index (κ2) is 3.62. The number of aromatic hydroxyl groups is 1. The molecule has 0 saturated carbocycles. The Labute approximate surface area is 95.4 Å². The zero-order chi connectivity index (χ0) is 10.2. The van der Waals surface area contributed by atoms with Crippen LogP contribution in [0.4, 0.5) is 0 Å². The van der Waals surface area contributed by atoms with Gasteiger partial charge in [0.2, 0.25) is 0 Å². The van der Waals surface area contributed by atoms with Gasteiger partial charge in [-0.15, -0.1) is 0 Å². The van der Waals surface area contributed by atoms with E-state index in [0.717, 1.165) is 14.5 Å². The number of rotatable bonds is 0. The summed E-state index contributed by atoms with van der Waals surface area (Å²) in [5, 5.41) is 9.84. The van der Waals surface area contributed by atoms with Crippen molar-refractivity contribution >= 4 is 31.9 Å². The molecule has 0 heterocycles. The number of hydrogen-bond acceptors (Lipinski definition) is 1. The van der Waals surface area contributed by atoms with Crippen LogP contribution < -0.4 is 0 Å². The van der Waals surface area contributed by atoms with Gasteiger partial charge in [0.1, 0.15) is 5.75 Å². The summed E-state index contributed by atoms with van der Waals surface area (Å²) < 4.78 is 1.60. The molecule has 0 spiro atoms. The van der Waals surface area contributed by atoms with Crippen LogP contribution >= 0.6 is 31.9 Å². The van der Waals surface area contributed by atoms with E-state index in [1.54, 1.807) is 0 Å². The van der Waals surface area contributed by atoms with Crippen molar-refractivity contribution in [2.45, 2.75) is 26.2 Å². The fourth-order valence-electron chi connectivity index (χ4n) is 1.15. The van der Waals surface area contributed by atoms with Crippen LogP contribution in [-0.2, 0) is 5.41 Å². The summed E-state index contributed by atoms with van der Waals surface area (Å²) >= 11 is 6.67. The molecule has 0 aliphatic carbocycles. The van der Waals surface area contributed by atoms with Crippen molar-refractivity contribution in [2.24, 2.45) is 0 Å². The van der Waals surface area contributed by atoms with Crippen molar-refractivity contribution in [3.63, 3.8) is 0 Å². The lowest BCUT2D eigenvalue weighted by Gasteiger charge is -2.21. The Morgan fingerprint density at radius 3 is 2.15 bits per heavy atom. The highest BCUT2D eigenvalue weighted by molar-refractivity contribution is 9.13. The molecule has 0 aromatic heterocycles. The molecule has 1 nitrogen and oxygen atoms in total. The third-order valence-electron chi connectivity index (χ3n) is 1.88. The summed E-state index contributed by atoms with van der Waals surface area (Å²) in [6.07, 6.45) is 0. The van der Waals surface area contributed by atoms with E-state index in [4.69, 9.17) is 0 Å². The first kappa shape index (κ1) is 11.1. The quantitative estimate of drug-likeness (QED) is 0.761. The lowest BCUT2D eigenvalue weighted by atomic mass is 9.86. The topological polar surface area (TPSA) is 20.2 Å². The molecule has 13 heavy (non-hydrogen) atoms. The lowest BCUT2D eigenvalue weighted by molar-refractivity contribution is 0.443. The number of hydrogen-bond donors (Lipinski definition) is 1. The highest BCUT2D eigenvalue weighted by Crippen LogP contribution is 2.39. The van der Waals surface area contributed by atoms with Gasteiger partial charge in [-0.1, -0.05) is 26.8 Å². The van der Waals surface area contributed by atoms with E-state index in [0.29, 0.717) is 5.75 Å². The first-order valence-corrected chi connectivity index (χ1v) is 5.60. The van der Waals surface area contributed by atoms with Crippen molar-refractivity contribution in [2.75, 3.05) is 0 Å². The van der Waals surface area contributed by atoms with Gasteiger partial charge >= 0.3 is 0 Å². The number of phenolic OH excluding ortho intramolecular Hbond substituents is 1. The van der Waals surface area contributed by atoms with Crippen LogP contribution in [0.3, 0.4) is 0 Å². The third kappa shape index (κ3) is 2.26. The van der Waals surface area contributed by atoms with Gasteiger partial charge in [0.15, 0.2) is 0 Å². The molecule has 0 unspecified atom stereocenters. The second-order valence-corrected chi connectivity index (χ2v) is 5.65. The zero-order valence-electron chi connectivity index (χ0n) is 7.86. The van der Waals surface area contributed by atoms with Crippen molar-refractivity contribution < 1.29 is 5.11 Å². The molecule has 72 valence electrons. The van der Waals surface area contributed by atoms with E-state index in [9.17, 15) is 5.11 Å². The van der Waals surface area contributed by atoms with Crippen LogP contribution in [0.25, 0.3) is 0 Å². The summed E-state index contributed by atoms with van der Waals surface area (Å²) in [4.78, 5) is 0. The minimum atomic E-state index is -0.0344. The maximum atomic E-state index is 9.84. The van der Waals surface area contributed by atoms with Gasteiger partial charge in [-0.3, -0.25) is 0 Å². The van der Waals surface area contributed by atoms with Gasteiger partial charge in [-0.05, 0) is 43.3 Å². The average molecular weight is 308 g/mol. The fraction of sp³-hybridized carbons (Fsp3) is 0.400. The Morgan fingerprint density at radius 2 is 1.69 bits per heavy atom. The number of phenols is 1. The Hall–Kier alpha value is -0.0200. The molecule has 1 aromatic carbocycles. The van der Waals surface area contributed by atoms with E-state index < -0.39 is 0 Å². The Morgan fingerprint density at radius 1 is 1.15 bits per heavy atom. The summed E-state index contributed by atoms with van der Waals surface area (Å²) in [6, 6.07) is 3.87. The minimum absolute atomic E-state index is 0.0344. The molecular formula is C10H12Br2O. The SMILES string of the molecule is CC(C)(C)c1ccc(Br)c(Br)c1O. The van der Waals surface area contributed by atoms with E-state index >= 15 is 0 Å². The number of benzene rings is 1. The zero-order valence-corrected chi connectivity index (χ0v) is 11.0. The maximum absolute atomic E-state index is 9.84. The largest absolute Gasteiger partial charge is 0.506 e. The van der Waals surface area contributed by atoms with Gasteiger partial charge in [0, 0.05) is 10.0 Å². The van der Waals surface area contributed by atoms with E-state index in [-0.39, 0.29) is 5.41 Å². The molecule has 0 radical (unpaired) electrons. The van der Waals surface area contributed by atoms with Crippen molar-refractivity contribution in [3.05, 3.63) is 26.6 Å². The van der Waals surface area contributed by atoms with Crippen molar-refractivity contribution in [3.8, 4) is 5.75 Å². The van der Waals surface area contributed by atoms with Crippen molar-refractivity contribution in [1.82, 2.24) is 0 Å².